The maximum atomic E-state index is 5.43. The van der Waals surface area contributed by atoms with Crippen molar-refractivity contribution in [2.75, 3.05) is 34.4 Å². The zero-order valence-electron chi connectivity index (χ0n) is 18.1. The number of ether oxygens (including phenoxy) is 2. The van der Waals surface area contributed by atoms with Crippen molar-refractivity contribution in [2.45, 2.75) is 25.8 Å². The molecule has 3 heterocycles. The highest BCUT2D eigenvalue weighted by Gasteiger charge is 2.27. The van der Waals surface area contributed by atoms with Gasteiger partial charge in [0.25, 0.3) is 0 Å². The Morgan fingerprint density at radius 2 is 1.97 bits per heavy atom. The molecule has 0 aliphatic carbocycles. The number of nitrogens with one attached hydrogen (secondary N) is 1. The van der Waals surface area contributed by atoms with Gasteiger partial charge in [-0.1, -0.05) is 6.07 Å². The lowest BCUT2D eigenvalue weighted by Crippen LogP contribution is -2.39. The number of fused-ring (bicyclic) bond motifs is 1. The van der Waals surface area contributed by atoms with Gasteiger partial charge in [0, 0.05) is 44.0 Å². The van der Waals surface area contributed by atoms with E-state index in [-0.39, 0.29) is 0 Å². The molecule has 3 aromatic rings. The molecule has 1 aliphatic heterocycles. The average molecular weight is 408 g/mol. The molecule has 1 saturated heterocycles. The van der Waals surface area contributed by atoms with Crippen LogP contribution in [0.15, 0.2) is 47.6 Å². The molecule has 7 heteroatoms. The van der Waals surface area contributed by atoms with Gasteiger partial charge in [-0.3, -0.25) is 4.99 Å². The summed E-state index contributed by atoms with van der Waals surface area (Å²) in [5.41, 5.74) is 4.38. The van der Waals surface area contributed by atoms with Crippen molar-refractivity contribution < 1.29 is 9.47 Å². The molecule has 7 nitrogen and oxygen atoms in total. The van der Waals surface area contributed by atoms with Crippen molar-refractivity contribution >= 4 is 11.6 Å². The Kier molecular flexibility index (Phi) is 5.79. The molecule has 0 radical (unpaired) electrons. The third kappa shape index (κ3) is 4.06. The molecule has 0 bridgehead atoms. The second-order valence-corrected chi connectivity index (χ2v) is 7.61. The van der Waals surface area contributed by atoms with Gasteiger partial charge in [0.15, 0.2) is 5.96 Å². The highest BCUT2D eigenvalue weighted by atomic mass is 16.5. The monoisotopic (exact) mass is 407 g/mol. The summed E-state index contributed by atoms with van der Waals surface area (Å²) in [5, 5.41) is 3.48. The zero-order valence-corrected chi connectivity index (χ0v) is 18.1. The summed E-state index contributed by atoms with van der Waals surface area (Å²) in [6, 6.07) is 12.3. The van der Waals surface area contributed by atoms with E-state index in [4.69, 9.17) is 14.5 Å². The van der Waals surface area contributed by atoms with E-state index in [1.165, 1.54) is 11.3 Å². The molecule has 30 heavy (non-hydrogen) atoms. The Labute approximate surface area is 177 Å². The van der Waals surface area contributed by atoms with Crippen LogP contribution in [0, 0.1) is 6.92 Å². The molecule has 158 valence electrons. The molecule has 4 rings (SSSR count). The molecular formula is C23H29N5O2. The number of aryl methyl sites for hydroxylation is 1. The lowest BCUT2D eigenvalue weighted by Gasteiger charge is -2.21. The van der Waals surface area contributed by atoms with Crippen LogP contribution >= 0.6 is 0 Å². The number of likely N-dealkylation sites (tertiary alicyclic amines) is 1. The van der Waals surface area contributed by atoms with E-state index in [9.17, 15) is 0 Å². The van der Waals surface area contributed by atoms with Crippen LogP contribution in [-0.2, 0) is 6.54 Å². The number of guanidine groups is 1. The quantitative estimate of drug-likeness (QED) is 0.520. The molecule has 1 unspecified atom stereocenters. The molecule has 1 fully saturated rings. The summed E-state index contributed by atoms with van der Waals surface area (Å²) < 4.78 is 13.0. The van der Waals surface area contributed by atoms with Gasteiger partial charge in [0.2, 0.25) is 0 Å². The van der Waals surface area contributed by atoms with Crippen molar-refractivity contribution in [1.29, 1.82) is 0 Å². The van der Waals surface area contributed by atoms with E-state index in [2.05, 4.69) is 50.9 Å². The topological polar surface area (TPSA) is 63.4 Å². The second kappa shape index (κ2) is 8.65. The standard InChI is InChI=1S/C23H29N5O2/c1-16-6-5-7-22-26-19(15-28(16)22)13-25-23(24-2)27-9-8-17(14-27)18-10-20(29-3)12-21(11-18)30-4/h5-7,10-12,15,17H,8-9,13-14H2,1-4H3,(H,24,25). The summed E-state index contributed by atoms with van der Waals surface area (Å²) in [6.45, 7) is 4.58. The third-order valence-electron chi connectivity index (χ3n) is 5.72. The Hall–Kier alpha value is -3.22. The number of aromatic nitrogens is 2. The van der Waals surface area contributed by atoms with Gasteiger partial charge >= 0.3 is 0 Å². The minimum atomic E-state index is 0.408. The predicted molar refractivity (Wildman–Crippen MR) is 119 cm³/mol. The first kappa shape index (κ1) is 20.1. The number of aliphatic imine (C=N–C) groups is 1. The van der Waals surface area contributed by atoms with E-state index < -0.39 is 0 Å². The Morgan fingerprint density at radius 1 is 1.20 bits per heavy atom. The van der Waals surface area contributed by atoms with Gasteiger partial charge in [0.1, 0.15) is 17.1 Å². The molecule has 0 saturated carbocycles. The number of imidazole rings is 1. The lowest BCUT2D eigenvalue weighted by atomic mass is 9.98. The van der Waals surface area contributed by atoms with Crippen LogP contribution in [0.25, 0.3) is 5.65 Å². The minimum absolute atomic E-state index is 0.408. The van der Waals surface area contributed by atoms with Gasteiger partial charge < -0.3 is 24.1 Å². The van der Waals surface area contributed by atoms with Crippen LogP contribution in [0.2, 0.25) is 0 Å². The Bertz CT molecular complexity index is 1040. The van der Waals surface area contributed by atoms with E-state index in [1.807, 2.05) is 25.2 Å². The summed E-state index contributed by atoms with van der Waals surface area (Å²) in [6.07, 6.45) is 3.14. The molecule has 2 aromatic heterocycles. The molecule has 1 N–H and O–H groups in total. The van der Waals surface area contributed by atoms with Gasteiger partial charge in [-0.2, -0.15) is 0 Å². The normalized spacial score (nSPS) is 16.9. The molecule has 1 aromatic carbocycles. The first-order valence-corrected chi connectivity index (χ1v) is 10.2. The lowest BCUT2D eigenvalue weighted by molar-refractivity contribution is 0.392. The van der Waals surface area contributed by atoms with Gasteiger partial charge in [-0.05, 0) is 43.2 Å². The average Bonchev–Trinajstić information content (AvgIpc) is 3.42. The fourth-order valence-electron chi connectivity index (χ4n) is 4.08. The van der Waals surface area contributed by atoms with Crippen molar-refractivity contribution in [3.63, 3.8) is 0 Å². The molecule has 1 atom stereocenters. The Balaban J connectivity index is 1.43. The number of pyridine rings is 1. The smallest absolute Gasteiger partial charge is 0.193 e. The summed E-state index contributed by atoms with van der Waals surface area (Å²) in [5.74, 6) is 2.96. The fourth-order valence-corrected chi connectivity index (χ4v) is 4.08. The van der Waals surface area contributed by atoms with E-state index in [0.717, 1.165) is 48.3 Å². The van der Waals surface area contributed by atoms with Crippen molar-refractivity contribution in [2.24, 2.45) is 4.99 Å². The largest absolute Gasteiger partial charge is 0.497 e. The number of methoxy groups -OCH3 is 2. The van der Waals surface area contributed by atoms with Crippen LogP contribution in [0.1, 0.15) is 29.3 Å². The highest BCUT2D eigenvalue weighted by molar-refractivity contribution is 5.80. The zero-order chi connectivity index (χ0) is 21.1. The second-order valence-electron chi connectivity index (χ2n) is 7.61. The van der Waals surface area contributed by atoms with Crippen LogP contribution in [0.4, 0.5) is 0 Å². The minimum Gasteiger partial charge on any atom is -0.497 e. The summed E-state index contributed by atoms with van der Waals surface area (Å²) >= 11 is 0. The van der Waals surface area contributed by atoms with E-state index in [0.29, 0.717) is 12.5 Å². The van der Waals surface area contributed by atoms with Crippen molar-refractivity contribution in [3.05, 3.63) is 59.5 Å². The molecule has 0 spiro atoms. The van der Waals surface area contributed by atoms with Gasteiger partial charge in [0.05, 0.1) is 26.5 Å². The Morgan fingerprint density at radius 3 is 2.63 bits per heavy atom. The van der Waals surface area contributed by atoms with Crippen molar-refractivity contribution in [1.82, 2.24) is 19.6 Å². The van der Waals surface area contributed by atoms with E-state index in [1.54, 1.807) is 14.2 Å². The van der Waals surface area contributed by atoms with Crippen LogP contribution in [-0.4, -0.2) is 54.6 Å². The number of hydrogen-bond acceptors (Lipinski definition) is 4. The van der Waals surface area contributed by atoms with Crippen LogP contribution < -0.4 is 14.8 Å². The van der Waals surface area contributed by atoms with Gasteiger partial charge in [-0.15, -0.1) is 0 Å². The number of rotatable bonds is 5. The number of hydrogen-bond donors (Lipinski definition) is 1. The molecular weight excluding hydrogens is 378 g/mol. The fraction of sp³-hybridized carbons (Fsp3) is 0.391. The molecule has 1 aliphatic rings. The summed E-state index contributed by atoms with van der Waals surface area (Å²) in [4.78, 5) is 11.5. The number of nitrogens with zero attached hydrogens (tertiary/aromatic N) is 4. The third-order valence-corrected chi connectivity index (χ3v) is 5.72. The predicted octanol–water partition coefficient (Wildman–Crippen LogP) is 3.22. The maximum absolute atomic E-state index is 5.43. The summed E-state index contributed by atoms with van der Waals surface area (Å²) in [7, 11) is 5.20. The first-order valence-electron chi connectivity index (χ1n) is 10.2. The van der Waals surface area contributed by atoms with Crippen LogP contribution in [0.5, 0.6) is 11.5 Å². The highest BCUT2D eigenvalue weighted by Crippen LogP contribution is 2.32. The molecule has 0 amide bonds. The SMILES string of the molecule is CN=C(NCc1cn2c(C)cccc2n1)N1CCC(c2cc(OC)cc(OC)c2)C1. The number of benzene rings is 1. The first-order chi connectivity index (χ1) is 14.6. The van der Waals surface area contributed by atoms with E-state index >= 15 is 0 Å². The van der Waals surface area contributed by atoms with Gasteiger partial charge in [-0.25, -0.2) is 4.98 Å². The van der Waals surface area contributed by atoms with Crippen molar-refractivity contribution in [3.8, 4) is 11.5 Å². The maximum Gasteiger partial charge on any atom is 0.193 e. The van der Waals surface area contributed by atoms with Crippen LogP contribution in [0.3, 0.4) is 0 Å².